The van der Waals surface area contributed by atoms with Crippen molar-refractivity contribution in [2.45, 2.75) is 50.5 Å². The van der Waals surface area contributed by atoms with Crippen LogP contribution in [0.4, 0.5) is 22.0 Å². The highest BCUT2D eigenvalue weighted by Gasteiger charge is 2.74. The van der Waals surface area contributed by atoms with Crippen LogP contribution in [0.5, 0.6) is 0 Å². The van der Waals surface area contributed by atoms with Crippen LogP contribution in [0.1, 0.15) is 20.8 Å². The number of hydrogen-bond donors (Lipinski definition) is 1. The van der Waals surface area contributed by atoms with E-state index in [1.165, 1.54) is 6.92 Å². The van der Waals surface area contributed by atoms with Gasteiger partial charge in [0.2, 0.25) is 6.29 Å². The fourth-order valence-electron chi connectivity index (χ4n) is 1.54. The lowest BCUT2D eigenvalue weighted by atomic mass is 10.0. The summed E-state index contributed by atoms with van der Waals surface area (Å²) in [5.74, 6) is -10.5. The number of rotatable bonds is 3. The van der Waals surface area contributed by atoms with Gasteiger partial charge in [-0.05, 0) is 20.8 Å². The second-order valence-electron chi connectivity index (χ2n) is 5.38. The first-order valence-corrected chi connectivity index (χ1v) is 5.99. The van der Waals surface area contributed by atoms with Crippen LogP contribution in [0.2, 0.25) is 0 Å². The molecule has 1 heterocycles. The van der Waals surface area contributed by atoms with Crippen LogP contribution in [0.25, 0.3) is 0 Å². The Hall–Kier alpha value is -1.26. The van der Waals surface area contributed by atoms with E-state index < -0.39 is 42.4 Å². The van der Waals surface area contributed by atoms with Crippen LogP contribution in [0, 0.1) is 0 Å². The molecule has 0 aliphatic carbocycles. The quantitative estimate of drug-likeness (QED) is 0.487. The lowest BCUT2D eigenvalue weighted by Crippen LogP contribution is -2.69. The van der Waals surface area contributed by atoms with Crippen molar-refractivity contribution in [1.82, 2.24) is 0 Å². The van der Waals surface area contributed by atoms with Gasteiger partial charge in [-0.15, -0.1) is 0 Å². The number of ether oxygens (including phenoxy) is 3. The summed E-state index contributed by atoms with van der Waals surface area (Å²) in [5, 5.41) is 9.28. The molecule has 0 radical (unpaired) electrons. The molecule has 0 spiro atoms. The highest BCUT2D eigenvalue weighted by molar-refractivity contribution is 5.87. The van der Waals surface area contributed by atoms with Crippen LogP contribution in [-0.4, -0.2) is 47.5 Å². The number of carbonyl (C=O) groups excluding carboxylic acids is 1. The van der Waals surface area contributed by atoms with Crippen LogP contribution in [-0.2, 0) is 19.0 Å². The summed E-state index contributed by atoms with van der Waals surface area (Å²) in [5.41, 5.74) is -1.95. The maximum absolute atomic E-state index is 13.4. The lowest BCUT2D eigenvalue weighted by Gasteiger charge is -2.46. The van der Waals surface area contributed by atoms with Crippen molar-refractivity contribution in [3.63, 3.8) is 0 Å². The van der Waals surface area contributed by atoms with Crippen molar-refractivity contribution in [3.8, 4) is 0 Å². The van der Waals surface area contributed by atoms with Gasteiger partial charge in [0.1, 0.15) is 6.61 Å². The number of aliphatic hydroxyl groups is 1. The monoisotopic (exact) mass is 334 g/mol. The number of carbonyl (C=O) groups is 1. The molecule has 2 unspecified atom stereocenters. The maximum Gasteiger partial charge on any atom is 0.449 e. The van der Waals surface area contributed by atoms with Gasteiger partial charge in [0, 0.05) is 5.57 Å². The summed E-state index contributed by atoms with van der Waals surface area (Å²) in [6, 6.07) is 0. The summed E-state index contributed by atoms with van der Waals surface area (Å²) in [6.45, 7) is 4.95. The molecule has 1 fully saturated rings. The van der Waals surface area contributed by atoms with Gasteiger partial charge in [-0.3, -0.25) is 0 Å². The molecule has 1 rings (SSSR count). The van der Waals surface area contributed by atoms with Crippen LogP contribution < -0.4 is 0 Å². The third-order valence-electron chi connectivity index (χ3n) is 2.85. The summed E-state index contributed by atoms with van der Waals surface area (Å²) >= 11 is 0. The van der Waals surface area contributed by atoms with E-state index in [2.05, 4.69) is 16.1 Å². The van der Waals surface area contributed by atoms with E-state index in [4.69, 9.17) is 4.74 Å². The molecular weight excluding hydrogens is 319 g/mol. The highest BCUT2D eigenvalue weighted by atomic mass is 19.4. The average molecular weight is 334 g/mol. The fourth-order valence-corrected chi connectivity index (χ4v) is 1.54. The van der Waals surface area contributed by atoms with Crippen molar-refractivity contribution >= 4 is 5.97 Å². The van der Waals surface area contributed by atoms with E-state index >= 15 is 0 Å². The van der Waals surface area contributed by atoms with E-state index in [1.54, 1.807) is 0 Å². The standard InChI is InChI=1S/C12H15F5O5/c1-6(2)7(18)21-9(3,4)8-20-5-10(13,14)11(19,22-8)12(15,16)17/h8,19H,1,5H2,2-4H3. The summed E-state index contributed by atoms with van der Waals surface area (Å²) < 4.78 is 78.3. The molecule has 1 aliphatic rings. The van der Waals surface area contributed by atoms with Crippen molar-refractivity contribution in [2.75, 3.05) is 6.61 Å². The zero-order valence-electron chi connectivity index (χ0n) is 12.0. The summed E-state index contributed by atoms with van der Waals surface area (Å²) in [6.07, 6.45) is -7.85. The zero-order chi connectivity index (χ0) is 17.6. The minimum absolute atomic E-state index is 0.0692. The van der Waals surface area contributed by atoms with Crippen LogP contribution >= 0.6 is 0 Å². The summed E-state index contributed by atoms with van der Waals surface area (Å²) in [7, 11) is 0. The Balaban J connectivity index is 3.05. The van der Waals surface area contributed by atoms with Crippen molar-refractivity contribution < 1.29 is 46.1 Å². The molecule has 5 nitrogen and oxygen atoms in total. The minimum atomic E-state index is -5.78. The van der Waals surface area contributed by atoms with Gasteiger partial charge in [-0.25, -0.2) is 4.79 Å². The third-order valence-corrected chi connectivity index (χ3v) is 2.85. The molecule has 0 bridgehead atoms. The molecule has 10 heteroatoms. The number of esters is 1. The fraction of sp³-hybridized carbons (Fsp3) is 0.750. The minimum Gasteiger partial charge on any atom is -0.451 e. The van der Waals surface area contributed by atoms with Gasteiger partial charge < -0.3 is 19.3 Å². The molecule has 1 N–H and O–H groups in total. The average Bonchev–Trinajstić information content (AvgIpc) is 2.30. The molecule has 0 saturated carbocycles. The molecule has 1 saturated heterocycles. The number of hydrogen-bond acceptors (Lipinski definition) is 5. The molecule has 0 aromatic rings. The van der Waals surface area contributed by atoms with E-state index in [1.807, 2.05) is 0 Å². The summed E-state index contributed by atoms with van der Waals surface area (Å²) in [4.78, 5) is 11.4. The third kappa shape index (κ3) is 3.23. The van der Waals surface area contributed by atoms with E-state index in [0.717, 1.165) is 13.8 Å². The van der Waals surface area contributed by atoms with Gasteiger partial charge in [-0.2, -0.15) is 22.0 Å². The maximum atomic E-state index is 13.4. The van der Waals surface area contributed by atoms with Crippen molar-refractivity contribution in [2.24, 2.45) is 0 Å². The Morgan fingerprint density at radius 3 is 2.27 bits per heavy atom. The smallest absolute Gasteiger partial charge is 0.449 e. The molecule has 22 heavy (non-hydrogen) atoms. The molecule has 0 aromatic carbocycles. The molecule has 2 atom stereocenters. The first kappa shape index (κ1) is 18.8. The predicted octanol–water partition coefficient (Wildman–Crippen LogP) is 2.14. The van der Waals surface area contributed by atoms with E-state index in [-0.39, 0.29) is 5.57 Å². The second-order valence-corrected chi connectivity index (χ2v) is 5.38. The van der Waals surface area contributed by atoms with Crippen LogP contribution in [0.15, 0.2) is 12.2 Å². The Bertz CT molecular complexity index is 473. The van der Waals surface area contributed by atoms with E-state index in [0.29, 0.717) is 0 Å². The Kier molecular flexibility index (Phi) is 4.63. The molecule has 0 aromatic heterocycles. The Morgan fingerprint density at radius 1 is 1.36 bits per heavy atom. The topological polar surface area (TPSA) is 65.0 Å². The Labute approximate surface area is 122 Å². The SMILES string of the molecule is C=C(C)C(=O)OC(C)(C)C1OCC(F)(F)C(O)(C(F)(F)F)O1. The Morgan fingerprint density at radius 2 is 1.86 bits per heavy atom. The zero-order valence-corrected chi connectivity index (χ0v) is 12.0. The van der Waals surface area contributed by atoms with Gasteiger partial charge in [0.05, 0.1) is 0 Å². The molecule has 128 valence electrons. The van der Waals surface area contributed by atoms with Gasteiger partial charge >= 0.3 is 23.9 Å². The van der Waals surface area contributed by atoms with Gasteiger partial charge in [-0.1, -0.05) is 6.58 Å². The first-order valence-electron chi connectivity index (χ1n) is 5.99. The molecular formula is C12H15F5O5. The number of alkyl halides is 5. The normalized spacial score (nSPS) is 29.0. The highest BCUT2D eigenvalue weighted by Crippen LogP contribution is 2.48. The lowest BCUT2D eigenvalue weighted by molar-refractivity contribution is -0.499. The van der Waals surface area contributed by atoms with Gasteiger partial charge in [0.15, 0.2) is 5.60 Å². The first-order chi connectivity index (χ1) is 9.64. The second kappa shape index (κ2) is 5.43. The predicted molar refractivity (Wildman–Crippen MR) is 61.8 cm³/mol. The van der Waals surface area contributed by atoms with E-state index in [9.17, 15) is 31.9 Å². The van der Waals surface area contributed by atoms with Crippen molar-refractivity contribution in [1.29, 1.82) is 0 Å². The van der Waals surface area contributed by atoms with Gasteiger partial charge in [0.25, 0.3) is 0 Å². The number of halogens is 5. The van der Waals surface area contributed by atoms with Crippen LogP contribution in [0.3, 0.4) is 0 Å². The largest absolute Gasteiger partial charge is 0.451 e. The molecule has 0 amide bonds. The van der Waals surface area contributed by atoms with Crippen molar-refractivity contribution in [3.05, 3.63) is 12.2 Å². The molecule has 1 aliphatic heterocycles.